The van der Waals surface area contributed by atoms with Gasteiger partial charge in [0.2, 0.25) is 5.78 Å². The molecule has 1 saturated carbocycles. The van der Waals surface area contributed by atoms with Crippen molar-refractivity contribution in [2.75, 3.05) is 0 Å². The average molecular weight is 230 g/mol. The highest BCUT2D eigenvalue weighted by Crippen LogP contribution is 2.17. The van der Waals surface area contributed by atoms with Crippen LogP contribution in [0.5, 0.6) is 0 Å². The second-order valence-corrected chi connectivity index (χ2v) is 4.36. The third-order valence-corrected chi connectivity index (χ3v) is 3.03. The van der Waals surface area contributed by atoms with Gasteiger partial charge < -0.3 is 5.32 Å². The second kappa shape index (κ2) is 5.62. The molecule has 1 N–H and O–H groups in total. The summed E-state index contributed by atoms with van der Waals surface area (Å²) in [5.41, 5.74) is 1.04. The third kappa shape index (κ3) is 3.41. The largest absolute Gasteiger partial charge is 0.347 e. The molecule has 1 aromatic carbocycles. The van der Waals surface area contributed by atoms with Gasteiger partial charge in [0, 0.05) is 12.5 Å². The zero-order valence-electron chi connectivity index (χ0n) is 9.69. The van der Waals surface area contributed by atoms with Crippen molar-refractivity contribution in [3.63, 3.8) is 0 Å². The fraction of sp³-hybridized carbons (Fsp3) is 0.357. The number of ketones is 1. The minimum Gasteiger partial charge on any atom is -0.347 e. The number of hydrogen-bond donors (Lipinski definition) is 1. The lowest BCUT2D eigenvalue weighted by molar-refractivity contribution is -0.136. The standard InChI is InChI=1S/C14H16NO2/c16-13(14(17)15-12-7-4-8-12)10-9-11-5-2-1-3-6-11/h1-3,5-6,10,12H,4,7-9H2,(H,15,17). The highest BCUT2D eigenvalue weighted by molar-refractivity contribution is 6.39. The number of benzene rings is 1. The van der Waals surface area contributed by atoms with Crippen molar-refractivity contribution in [2.45, 2.75) is 31.7 Å². The molecule has 0 saturated heterocycles. The smallest absolute Gasteiger partial charge is 0.287 e. The number of rotatable bonds is 5. The van der Waals surface area contributed by atoms with Crippen molar-refractivity contribution in [3.8, 4) is 0 Å². The minimum absolute atomic E-state index is 0.219. The molecule has 3 nitrogen and oxygen atoms in total. The molecule has 3 heteroatoms. The van der Waals surface area contributed by atoms with Gasteiger partial charge in [-0.1, -0.05) is 30.3 Å². The predicted molar refractivity (Wildman–Crippen MR) is 65.2 cm³/mol. The van der Waals surface area contributed by atoms with E-state index in [1.54, 1.807) is 0 Å². The molecule has 0 unspecified atom stereocenters. The molecule has 1 fully saturated rings. The maximum absolute atomic E-state index is 11.5. The fourth-order valence-corrected chi connectivity index (χ4v) is 1.73. The molecule has 17 heavy (non-hydrogen) atoms. The number of carbonyl (C=O) groups is 2. The van der Waals surface area contributed by atoms with Gasteiger partial charge in [0.05, 0.1) is 0 Å². The molecular weight excluding hydrogens is 214 g/mol. The van der Waals surface area contributed by atoms with Gasteiger partial charge in [0.25, 0.3) is 5.91 Å². The maximum atomic E-state index is 11.5. The van der Waals surface area contributed by atoms with Crippen LogP contribution in [0.25, 0.3) is 0 Å². The molecule has 89 valence electrons. The zero-order valence-corrected chi connectivity index (χ0v) is 9.69. The Morgan fingerprint density at radius 3 is 2.53 bits per heavy atom. The van der Waals surface area contributed by atoms with E-state index in [9.17, 15) is 9.59 Å². The van der Waals surface area contributed by atoms with Gasteiger partial charge in [-0.25, -0.2) is 0 Å². The molecule has 0 heterocycles. The van der Waals surface area contributed by atoms with E-state index < -0.39 is 11.7 Å². The van der Waals surface area contributed by atoms with E-state index in [1.165, 1.54) is 6.42 Å². The van der Waals surface area contributed by atoms with Crippen LogP contribution in [-0.2, 0) is 16.0 Å². The van der Waals surface area contributed by atoms with Crippen LogP contribution in [0.4, 0.5) is 0 Å². The van der Waals surface area contributed by atoms with Crippen LogP contribution in [0.2, 0.25) is 0 Å². The van der Waals surface area contributed by atoms with Crippen LogP contribution in [0, 0.1) is 6.42 Å². The summed E-state index contributed by atoms with van der Waals surface area (Å²) in [7, 11) is 0. The molecule has 0 aliphatic heterocycles. The second-order valence-electron chi connectivity index (χ2n) is 4.36. The molecule has 0 aromatic heterocycles. The van der Waals surface area contributed by atoms with E-state index in [4.69, 9.17) is 0 Å². The minimum atomic E-state index is -0.467. The van der Waals surface area contributed by atoms with E-state index in [0.29, 0.717) is 6.42 Å². The van der Waals surface area contributed by atoms with E-state index >= 15 is 0 Å². The highest BCUT2D eigenvalue weighted by atomic mass is 16.2. The Bertz CT molecular complexity index is 396. The Morgan fingerprint density at radius 2 is 1.94 bits per heavy atom. The molecule has 1 aliphatic carbocycles. The molecule has 0 spiro atoms. The summed E-state index contributed by atoms with van der Waals surface area (Å²) < 4.78 is 0. The van der Waals surface area contributed by atoms with Gasteiger partial charge in [-0.15, -0.1) is 0 Å². The Kier molecular flexibility index (Phi) is 3.91. The van der Waals surface area contributed by atoms with Crippen molar-refractivity contribution in [2.24, 2.45) is 0 Å². The molecule has 2 rings (SSSR count). The lowest BCUT2D eigenvalue weighted by Crippen LogP contribution is -2.43. The van der Waals surface area contributed by atoms with Gasteiger partial charge in [-0.05, 0) is 31.2 Å². The number of hydrogen-bond acceptors (Lipinski definition) is 2. The average Bonchev–Trinajstić information content (AvgIpc) is 2.32. The van der Waals surface area contributed by atoms with E-state index in [2.05, 4.69) is 5.32 Å². The topological polar surface area (TPSA) is 46.2 Å². The molecule has 1 radical (unpaired) electrons. The van der Waals surface area contributed by atoms with Crippen molar-refractivity contribution in [1.82, 2.24) is 5.32 Å². The Hall–Kier alpha value is -1.64. The zero-order chi connectivity index (χ0) is 12.1. The summed E-state index contributed by atoms with van der Waals surface area (Å²) in [5, 5.41) is 2.73. The van der Waals surface area contributed by atoms with Crippen LogP contribution in [0.1, 0.15) is 24.8 Å². The first kappa shape index (κ1) is 11.8. The van der Waals surface area contributed by atoms with Gasteiger partial charge in [-0.2, -0.15) is 0 Å². The van der Waals surface area contributed by atoms with Crippen LogP contribution in [-0.4, -0.2) is 17.7 Å². The van der Waals surface area contributed by atoms with Crippen molar-refractivity contribution in [1.29, 1.82) is 0 Å². The summed E-state index contributed by atoms with van der Waals surface area (Å²) in [4.78, 5) is 23.0. The van der Waals surface area contributed by atoms with Crippen LogP contribution >= 0.6 is 0 Å². The molecule has 1 aliphatic rings. The lowest BCUT2D eigenvalue weighted by atomic mass is 9.93. The molecule has 0 bridgehead atoms. The van der Waals surface area contributed by atoms with Gasteiger partial charge in [-0.3, -0.25) is 9.59 Å². The Labute approximate surface area is 101 Å². The Morgan fingerprint density at radius 1 is 1.24 bits per heavy atom. The maximum Gasteiger partial charge on any atom is 0.287 e. The summed E-state index contributed by atoms with van der Waals surface area (Å²) >= 11 is 0. The van der Waals surface area contributed by atoms with Gasteiger partial charge in [0.15, 0.2) is 0 Å². The summed E-state index contributed by atoms with van der Waals surface area (Å²) in [6.07, 6.45) is 5.10. The summed E-state index contributed by atoms with van der Waals surface area (Å²) in [6, 6.07) is 9.86. The summed E-state index contributed by atoms with van der Waals surface area (Å²) in [5.74, 6) is -0.897. The summed E-state index contributed by atoms with van der Waals surface area (Å²) in [6.45, 7) is 0. The van der Waals surface area contributed by atoms with Gasteiger partial charge >= 0.3 is 0 Å². The molecule has 1 amide bonds. The molecule has 0 atom stereocenters. The fourth-order valence-electron chi connectivity index (χ4n) is 1.73. The first-order chi connectivity index (χ1) is 8.25. The number of nitrogens with one attached hydrogen (secondary N) is 1. The first-order valence-electron chi connectivity index (χ1n) is 5.97. The number of amides is 1. The van der Waals surface area contributed by atoms with Crippen LogP contribution < -0.4 is 5.32 Å². The SMILES string of the molecule is O=C([CH]Cc1ccccc1)C(=O)NC1CCC1. The molecule has 1 aromatic rings. The van der Waals surface area contributed by atoms with Crippen LogP contribution in [0.3, 0.4) is 0 Å². The van der Waals surface area contributed by atoms with Gasteiger partial charge in [0.1, 0.15) is 0 Å². The Balaban J connectivity index is 1.74. The monoisotopic (exact) mass is 230 g/mol. The first-order valence-corrected chi connectivity index (χ1v) is 5.97. The normalized spacial score (nSPS) is 15.1. The predicted octanol–water partition coefficient (Wildman–Crippen LogP) is 1.67. The van der Waals surface area contributed by atoms with Crippen molar-refractivity contribution >= 4 is 11.7 Å². The quantitative estimate of drug-likeness (QED) is 0.782. The lowest BCUT2D eigenvalue weighted by Gasteiger charge is -2.25. The molecular formula is C14H16NO2. The number of Topliss-reactive ketones (excluding diaryl/α,β-unsaturated/α-hetero) is 1. The van der Waals surface area contributed by atoms with E-state index in [-0.39, 0.29) is 6.04 Å². The number of carbonyl (C=O) groups excluding carboxylic acids is 2. The highest BCUT2D eigenvalue weighted by Gasteiger charge is 2.22. The van der Waals surface area contributed by atoms with E-state index in [0.717, 1.165) is 24.8 Å². The third-order valence-electron chi connectivity index (χ3n) is 3.03. The van der Waals surface area contributed by atoms with Crippen molar-refractivity contribution < 1.29 is 9.59 Å². The van der Waals surface area contributed by atoms with E-state index in [1.807, 2.05) is 30.3 Å². The van der Waals surface area contributed by atoms with Crippen molar-refractivity contribution in [3.05, 3.63) is 42.3 Å². The van der Waals surface area contributed by atoms with Crippen LogP contribution in [0.15, 0.2) is 30.3 Å².